The van der Waals surface area contributed by atoms with E-state index in [0.29, 0.717) is 17.3 Å². The summed E-state index contributed by atoms with van der Waals surface area (Å²) < 4.78 is 39.7. The number of hydrogen-bond acceptors (Lipinski definition) is 3. The molecule has 26 heavy (non-hydrogen) atoms. The number of aromatic nitrogens is 3. The number of fused-ring (bicyclic) bond motifs is 1. The summed E-state index contributed by atoms with van der Waals surface area (Å²) in [5.41, 5.74) is 2.61. The first-order valence-electron chi connectivity index (χ1n) is 8.17. The zero-order chi connectivity index (χ0) is 18.1. The minimum absolute atomic E-state index is 0.337. The molecule has 0 saturated carbocycles. The van der Waals surface area contributed by atoms with Crippen LogP contribution < -0.4 is 5.32 Å². The van der Waals surface area contributed by atoms with Crippen molar-refractivity contribution in [1.82, 2.24) is 14.6 Å². The Hall–Kier alpha value is -3.09. The lowest BCUT2D eigenvalue weighted by Crippen LogP contribution is -2.04. The zero-order valence-electron chi connectivity index (χ0n) is 13.7. The van der Waals surface area contributed by atoms with Crippen LogP contribution in [0.3, 0.4) is 0 Å². The number of alkyl halides is 3. The smallest absolute Gasteiger partial charge is 0.323 e. The number of hydrogen-bond donors (Lipinski definition) is 1. The van der Waals surface area contributed by atoms with E-state index >= 15 is 0 Å². The molecule has 0 unspecified atom stereocenters. The van der Waals surface area contributed by atoms with Gasteiger partial charge in [-0.3, -0.25) is 0 Å². The van der Waals surface area contributed by atoms with Crippen molar-refractivity contribution in [2.45, 2.75) is 19.0 Å². The van der Waals surface area contributed by atoms with Gasteiger partial charge in [-0.1, -0.05) is 24.3 Å². The lowest BCUT2D eigenvalue weighted by molar-refractivity contribution is -0.137. The maximum absolute atomic E-state index is 12.6. The van der Waals surface area contributed by atoms with Crippen LogP contribution in [0, 0.1) is 0 Å². The first-order chi connectivity index (χ1) is 12.5. The van der Waals surface area contributed by atoms with Gasteiger partial charge < -0.3 is 5.32 Å². The van der Waals surface area contributed by atoms with Crippen LogP contribution in [-0.4, -0.2) is 14.6 Å². The molecule has 0 radical (unpaired) electrons. The van der Waals surface area contributed by atoms with E-state index in [2.05, 4.69) is 27.6 Å². The minimum atomic E-state index is -4.35. The predicted molar refractivity (Wildman–Crippen MR) is 94.1 cm³/mol. The molecule has 0 atom stereocenters. The van der Waals surface area contributed by atoms with Crippen LogP contribution >= 0.6 is 0 Å². The van der Waals surface area contributed by atoms with Crippen molar-refractivity contribution >= 4 is 22.9 Å². The van der Waals surface area contributed by atoms with E-state index in [0.717, 1.165) is 30.7 Å². The molecule has 0 bridgehead atoms. The summed E-state index contributed by atoms with van der Waals surface area (Å²) in [6.45, 7) is 0. The monoisotopic (exact) mass is 356 g/mol. The Labute approximate surface area is 147 Å². The van der Waals surface area contributed by atoms with E-state index in [1.807, 2.05) is 24.3 Å². The Balaban J connectivity index is 1.64. The molecule has 4 rings (SSSR count). The van der Waals surface area contributed by atoms with Gasteiger partial charge in [-0.15, -0.1) is 5.10 Å². The molecule has 1 N–H and O–H groups in total. The first-order valence-corrected chi connectivity index (χ1v) is 8.17. The first kappa shape index (κ1) is 16.4. The fourth-order valence-electron chi connectivity index (χ4n) is 2.89. The number of pyridine rings is 1. The van der Waals surface area contributed by atoms with Crippen LogP contribution in [0.4, 0.5) is 24.8 Å². The molecular weight excluding hydrogens is 341 g/mol. The largest absolute Gasteiger partial charge is 0.416 e. The minimum Gasteiger partial charge on any atom is -0.323 e. The molecule has 0 aliphatic heterocycles. The van der Waals surface area contributed by atoms with E-state index in [1.54, 1.807) is 4.52 Å². The summed E-state index contributed by atoms with van der Waals surface area (Å²) >= 11 is 0. The Morgan fingerprint density at radius 2 is 1.85 bits per heavy atom. The van der Waals surface area contributed by atoms with E-state index < -0.39 is 11.7 Å². The molecule has 0 fully saturated rings. The van der Waals surface area contributed by atoms with Crippen molar-refractivity contribution in [2.75, 3.05) is 5.32 Å². The number of nitrogens with one attached hydrogen (secondary N) is 1. The highest BCUT2D eigenvalue weighted by atomic mass is 19.4. The summed E-state index contributed by atoms with van der Waals surface area (Å²) in [7, 11) is 0. The Morgan fingerprint density at radius 1 is 1.04 bits per heavy atom. The molecule has 1 aromatic carbocycles. The fourth-order valence-corrected chi connectivity index (χ4v) is 2.89. The second kappa shape index (κ2) is 6.33. The van der Waals surface area contributed by atoms with Crippen LogP contribution in [0.15, 0.2) is 60.7 Å². The number of benzene rings is 1. The lowest BCUT2D eigenvalue weighted by Gasteiger charge is -2.10. The highest BCUT2D eigenvalue weighted by Gasteiger charge is 2.29. The van der Waals surface area contributed by atoms with Gasteiger partial charge in [0.1, 0.15) is 0 Å². The van der Waals surface area contributed by atoms with Crippen molar-refractivity contribution < 1.29 is 13.2 Å². The van der Waals surface area contributed by atoms with Gasteiger partial charge in [0.2, 0.25) is 5.95 Å². The average molecular weight is 356 g/mol. The van der Waals surface area contributed by atoms with Gasteiger partial charge in [0, 0.05) is 5.69 Å². The lowest BCUT2D eigenvalue weighted by atomic mass is 10.0. The van der Waals surface area contributed by atoms with E-state index in [9.17, 15) is 13.2 Å². The summed E-state index contributed by atoms with van der Waals surface area (Å²) in [5.74, 6) is 0.337. The Morgan fingerprint density at radius 3 is 2.54 bits per heavy atom. The van der Waals surface area contributed by atoms with Crippen molar-refractivity contribution in [3.8, 4) is 0 Å². The normalized spacial score (nSPS) is 14.5. The number of allylic oxidation sites excluding steroid dienone is 4. The SMILES string of the molecule is FC(F)(F)c1ccc(Nc2nc3cccc(C4=CC=CCC4)n3n2)cc1. The highest BCUT2D eigenvalue weighted by molar-refractivity contribution is 5.68. The van der Waals surface area contributed by atoms with Crippen molar-refractivity contribution in [3.05, 3.63) is 72.0 Å². The van der Waals surface area contributed by atoms with E-state index in [1.165, 1.54) is 17.7 Å². The summed E-state index contributed by atoms with van der Waals surface area (Å²) in [4.78, 5) is 4.41. The molecule has 7 heteroatoms. The number of anilines is 2. The molecular formula is C19H15F3N4. The highest BCUT2D eigenvalue weighted by Crippen LogP contribution is 2.30. The van der Waals surface area contributed by atoms with Gasteiger partial charge in [-0.2, -0.15) is 18.2 Å². The maximum Gasteiger partial charge on any atom is 0.416 e. The second-order valence-corrected chi connectivity index (χ2v) is 5.98. The number of nitrogens with zero attached hydrogens (tertiary/aromatic N) is 3. The number of rotatable bonds is 3. The standard InChI is InChI=1S/C19H15F3N4/c20-19(21,22)14-9-11-15(12-10-14)23-18-24-17-8-4-7-16(26(17)25-18)13-5-2-1-3-6-13/h1-2,4-5,7-12H,3,6H2,(H,23,25). The molecule has 1 aliphatic rings. The molecule has 2 aromatic heterocycles. The van der Waals surface area contributed by atoms with Gasteiger partial charge in [0.25, 0.3) is 0 Å². The third-order valence-electron chi connectivity index (χ3n) is 4.17. The van der Waals surface area contributed by atoms with E-state index in [4.69, 9.17) is 0 Å². The third kappa shape index (κ3) is 3.20. The van der Waals surface area contributed by atoms with Gasteiger partial charge in [-0.25, -0.2) is 4.52 Å². The molecule has 0 saturated heterocycles. The van der Waals surface area contributed by atoms with Crippen LogP contribution in [0.5, 0.6) is 0 Å². The van der Waals surface area contributed by atoms with Gasteiger partial charge in [-0.05, 0) is 54.8 Å². The van der Waals surface area contributed by atoms with Crippen molar-refractivity contribution in [3.63, 3.8) is 0 Å². The maximum atomic E-state index is 12.6. The summed E-state index contributed by atoms with van der Waals surface area (Å²) in [6.07, 6.45) is 3.75. The average Bonchev–Trinajstić information content (AvgIpc) is 3.04. The van der Waals surface area contributed by atoms with Crippen LogP contribution in [0.1, 0.15) is 24.1 Å². The third-order valence-corrected chi connectivity index (χ3v) is 4.17. The van der Waals surface area contributed by atoms with Crippen LogP contribution in [0.2, 0.25) is 0 Å². The summed E-state index contributed by atoms with van der Waals surface area (Å²) in [6, 6.07) is 10.5. The second-order valence-electron chi connectivity index (χ2n) is 5.98. The van der Waals surface area contributed by atoms with Crippen LogP contribution in [-0.2, 0) is 6.18 Å². The molecule has 2 heterocycles. The fraction of sp³-hybridized carbons (Fsp3) is 0.158. The van der Waals surface area contributed by atoms with Crippen LogP contribution in [0.25, 0.3) is 11.2 Å². The van der Waals surface area contributed by atoms with Crippen molar-refractivity contribution in [1.29, 1.82) is 0 Å². The van der Waals surface area contributed by atoms with Crippen molar-refractivity contribution in [2.24, 2.45) is 0 Å². The Bertz CT molecular complexity index is 998. The molecule has 1 aliphatic carbocycles. The summed E-state index contributed by atoms with van der Waals surface area (Å²) in [5, 5.41) is 7.42. The predicted octanol–water partition coefficient (Wildman–Crippen LogP) is 5.23. The molecule has 4 nitrogen and oxygen atoms in total. The number of halogens is 3. The zero-order valence-corrected chi connectivity index (χ0v) is 13.7. The molecule has 3 aromatic rings. The van der Waals surface area contributed by atoms with E-state index in [-0.39, 0.29) is 0 Å². The molecule has 132 valence electrons. The van der Waals surface area contributed by atoms with Gasteiger partial charge in [0.05, 0.1) is 11.3 Å². The Kier molecular flexibility index (Phi) is 3.99. The van der Waals surface area contributed by atoms with Gasteiger partial charge in [0.15, 0.2) is 5.65 Å². The molecule has 0 amide bonds. The van der Waals surface area contributed by atoms with Gasteiger partial charge >= 0.3 is 6.18 Å². The topological polar surface area (TPSA) is 42.2 Å². The molecule has 0 spiro atoms. The quantitative estimate of drug-likeness (QED) is 0.699.